The van der Waals surface area contributed by atoms with Gasteiger partial charge in [0.15, 0.2) is 0 Å². The zero-order valence-corrected chi connectivity index (χ0v) is 16.1. The minimum atomic E-state index is 0.124. The molecule has 0 saturated carbocycles. The third-order valence-electron chi connectivity index (χ3n) is 4.55. The molecule has 0 fully saturated rings. The van der Waals surface area contributed by atoms with Crippen molar-refractivity contribution in [1.29, 1.82) is 0 Å². The number of allylic oxidation sites excluding steroid dienone is 1. The lowest BCUT2D eigenvalue weighted by Crippen LogP contribution is -2.18. The second kappa shape index (κ2) is 7.99. The molecule has 4 heteroatoms. The summed E-state index contributed by atoms with van der Waals surface area (Å²) in [5.41, 5.74) is 4.33. The van der Waals surface area contributed by atoms with E-state index in [2.05, 4.69) is 48.6 Å². The van der Waals surface area contributed by atoms with Crippen molar-refractivity contribution in [1.82, 2.24) is 0 Å². The molecule has 0 radical (unpaired) electrons. The van der Waals surface area contributed by atoms with E-state index in [1.54, 1.807) is 0 Å². The Bertz CT molecular complexity index is 982. The zero-order valence-electron chi connectivity index (χ0n) is 14.6. The van der Waals surface area contributed by atoms with Crippen LogP contribution in [0.3, 0.4) is 0 Å². The second-order valence-electron chi connectivity index (χ2n) is 6.41. The van der Waals surface area contributed by atoms with Crippen LogP contribution in [0.15, 0.2) is 90.0 Å². The standard InChI is InChI=1S/C23H18Cl2N2/c24-21-14-13-20(16-22(21)25)27-23(18-9-5-2-6-10-18)15-19(26-27)12-11-17-7-3-1-4-8-17/h1-14,16,23H,15H2/t23-/m1/s1. The summed E-state index contributed by atoms with van der Waals surface area (Å²) in [6.45, 7) is 0. The summed E-state index contributed by atoms with van der Waals surface area (Å²) in [6, 6.07) is 26.4. The average Bonchev–Trinajstić information content (AvgIpc) is 3.14. The number of halogens is 2. The van der Waals surface area contributed by atoms with Gasteiger partial charge < -0.3 is 0 Å². The first-order chi connectivity index (χ1) is 13.2. The highest BCUT2D eigenvalue weighted by Crippen LogP contribution is 2.37. The molecule has 0 spiro atoms. The van der Waals surface area contributed by atoms with Gasteiger partial charge in [0.1, 0.15) is 0 Å². The van der Waals surface area contributed by atoms with Gasteiger partial charge in [-0.15, -0.1) is 0 Å². The van der Waals surface area contributed by atoms with Crippen molar-refractivity contribution in [2.75, 3.05) is 5.01 Å². The fraction of sp³-hybridized carbons (Fsp3) is 0.0870. The Morgan fingerprint density at radius 3 is 2.22 bits per heavy atom. The SMILES string of the molecule is Clc1ccc(N2N=C(C=Cc3ccccc3)C[C@@H]2c2ccccc2)cc1Cl. The van der Waals surface area contributed by atoms with Gasteiger partial charge in [-0.2, -0.15) is 5.10 Å². The monoisotopic (exact) mass is 392 g/mol. The number of nitrogens with zero attached hydrogens (tertiary/aromatic N) is 2. The number of anilines is 1. The Morgan fingerprint density at radius 1 is 0.815 bits per heavy atom. The van der Waals surface area contributed by atoms with Crippen molar-refractivity contribution in [3.05, 3.63) is 106 Å². The Labute approximate surface area is 169 Å². The molecule has 0 unspecified atom stereocenters. The first-order valence-electron chi connectivity index (χ1n) is 8.80. The molecule has 1 heterocycles. The van der Waals surface area contributed by atoms with Gasteiger partial charge in [-0.3, -0.25) is 5.01 Å². The predicted octanol–water partition coefficient (Wildman–Crippen LogP) is 7.01. The molecule has 1 atom stereocenters. The van der Waals surface area contributed by atoms with Crippen LogP contribution in [0.2, 0.25) is 10.0 Å². The molecule has 0 saturated heterocycles. The summed E-state index contributed by atoms with van der Waals surface area (Å²) in [5, 5.41) is 7.97. The van der Waals surface area contributed by atoms with Crippen LogP contribution in [0.1, 0.15) is 23.6 Å². The molecule has 0 bridgehead atoms. The van der Waals surface area contributed by atoms with Crippen molar-refractivity contribution < 1.29 is 0 Å². The van der Waals surface area contributed by atoms with Gasteiger partial charge >= 0.3 is 0 Å². The van der Waals surface area contributed by atoms with E-state index in [1.165, 1.54) is 5.56 Å². The lowest BCUT2D eigenvalue weighted by atomic mass is 10.0. The lowest BCUT2D eigenvalue weighted by Gasteiger charge is -2.24. The lowest BCUT2D eigenvalue weighted by molar-refractivity contribution is 0.709. The normalized spacial score (nSPS) is 16.7. The molecule has 4 rings (SSSR count). The fourth-order valence-corrected chi connectivity index (χ4v) is 3.48. The van der Waals surface area contributed by atoms with E-state index in [0.29, 0.717) is 10.0 Å². The molecule has 134 valence electrons. The third kappa shape index (κ3) is 4.08. The molecule has 0 aromatic heterocycles. The van der Waals surface area contributed by atoms with Gasteiger partial charge in [0.05, 0.1) is 27.5 Å². The van der Waals surface area contributed by atoms with E-state index < -0.39 is 0 Å². The van der Waals surface area contributed by atoms with Crippen LogP contribution < -0.4 is 5.01 Å². The Morgan fingerprint density at radius 2 is 1.52 bits per heavy atom. The molecule has 0 aliphatic carbocycles. The van der Waals surface area contributed by atoms with Crippen LogP contribution in [0.4, 0.5) is 5.69 Å². The first-order valence-corrected chi connectivity index (χ1v) is 9.56. The van der Waals surface area contributed by atoms with E-state index in [9.17, 15) is 0 Å². The molecule has 3 aromatic rings. The smallest absolute Gasteiger partial charge is 0.0831 e. The predicted molar refractivity (Wildman–Crippen MR) is 116 cm³/mol. The van der Waals surface area contributed by atoms with Crippen molar-refractivity contribution in [3.63, 3.8) is 0 Å². The van der Waals surface area contributed by atoms with Crippen LogP contribution in [-0.4, -0.2) is 5.71 Å². The average molecular weight is 393 g/mol. The quantitative estimate of drug-likeness (QED) is 0.465. The van der Waals surface area contributed by atoms with Gasteiger partial charge in [-0.1, -0.05) is 89.9 Å². The molecular formula is C23H18Cl2N2. The highest BCUT2D eigenvalue weighted by molar-refractivity contribution is 6.42. The number of hydrazone groups is 1. The van der Waals surface area contributed by atoms with Gasteiger partial charge in [-0.05, 0) is 35.4 Å². The molecular weight excluding hydrogens is 375 g/mol. The van der Waals surface area contributed by atoms with E-state index in [4.69, 9.17) is 28.3 Å². The van der Waals surface area contributed by atoms with E-state index >= 15 is 0 Å². The summed E-state index contributed by atoms with van der Waals surface area (Å²) in [7, 11) is 0. The summed E-state index contributed by atoms with van der Waals surface area (Å²) < 4.78 is 0. The van der Waals surface area contributed by atoms with E-state index in [1.807, 2.05) is 47.5 Å². The Kier molecular flexibility index (Phi) is 5.28. The van der Waals surface area contributed by atoms with Gasteiger partial charge in [0.25, 0.3) is 0 Å². The topological polar surface area (TPSA) is 15.6 Å². The summed E-state index contributed by atoms with van der Waals surface area (Å²) in [5.74, 6) is 0. The summed E-state index contributed by atoms with van der Waals surface area (Å²) >= 11 is 12.3. The van der Waals surface area contributed by atoms with Crippen LogP contribution in [0, 0.1) is 0 Å². The van der Waals surface area contributed by atoms with Crippen molar-refractivity contribution in [2.24, 2.45) is 5.10 Å². The highest BCUT2D eigenvalue weighted by atomic mass is 35.5. The number of benzene rings is 3. The molecule has 3 aromatic carbocycles. The number of hydrogen-bond acceptors (Lipinski definition) is 2. The van der Waals surface area contributed by atoms with Gasteiger partial charge in [0.2, 0.25) is 0 Å². The van der Waals surface area contributed by atoms with Crippen LogP contribution in [0.25, 0.3) is 6.08 Å². The van der Waals surface area contributed by atoms with Crippen molar-refractivity contribution >= 4 is 40.7 Å². The van der Waals surface area contributed by atoms with E-state index in [-0.39, 0.29) is 6.04 Å². The summed E-state index contributed by atoms with van der Waals surface area (Å²) in [4.78, 5) is 0. The van der Waals surface area contributed by atoms with Crippen LogP contribution >= 0.6 is 23.2 Å². The van der Waals surface area contributed by atoms with Crippen LogP contribution in [-0.2, 0) is 0 Å². The second-order valence-corrected chi connectivity index (χ2v) is 7.22. The Balaban J connectivity index is 1.67. The number of rotatable bonds is 4. The molecule has 1 aliphatic heterocycles. The molecule has 2 nitrogen and oxygen atoms in total. The van der Waals surface area contributed by atoms with Crippen LogP contribution in [0.5, 0.6) is 0 Å². The minimum Gasteiger partial charge on any atom is -0.257 e. The largest absolute Gasteiger partial charge is 0.257 e. The molecule has 0 amide bonds. The maximum Gasteiger partial charge on any atom is 0.0831 e. The highest BCUT2D eigenvalue weighted by Gasteiger charge is 2.28. The van der Waals surface area contributed by atoms with E-state index in [0.717, 1.165) is 23.4 Å². The maximum absolute atomic E-state index is 6.24. The summed E-state index contributed by atoms with van der Waals surface area (Å²) in [6.07, 6.45) is 5.01. The fourth-order valence-electron chi connectivity index (χ4n) is 3.19. The zero-order chi connectivity index (χ0) is 18.6. The maximum atomic E-state index is 6.24. The van der Waals surface area contributed by atoms with Gasteiger partial charge in [0, 0.05) is 6.42 Å². The Hall–Kier alpha value is -2.55. The first kappa shape index (κ1) is 17.8. The minimum absolute atomic E-state index is 0.124. The van der Waals surface area contributed by atoms with Crippen molar-refractivity contribution in [2.45, 2.75) is 12.5 Å². The molecule has 27 heavy (non-hydrogen) atoms. The number of hydrogen-bond donors (Lipinski definition) is 0. The third-order valence-corrected chi connectivity index (χ3v) is 5.29. The molecule has 0 N–H and O–H groups in total. The van der Waals surface area contributed by atoms with Gasteiger partial charge in [-0.25, -0.2) is 0 Å². The molecule has 1 aliphatic rings. The van der Waals surface area contributed by atoms with Crippen molar-refractivity contribution in [3.8, 4) is 0 Å².